The maximum absolute atomic E-state index is 12.1. The van der Waals surface area contributed by atoms with E-state index in [4.69, 9.17) is 11.6 Å². The van der Waals surface area contributed by atoms with Gasteiger partial charge in [0.1, 0.15) is 6.54 Å². The number of hydrogen-bond acceptors (Lipinski definition) is 2. The van der Waals surface area contributed by atoms with E-state index < -0.39 is 0 Å². The zero-order chi connectivity index (χ0) is 16.1. The van der Waals surface area contributed by atoms with Crippen molar-refractivity contribution in [3.8, 4) is 0 Å². The highest BCUT2D eigenvalue weighted by Crippen LogP contribution is 2.21. The minimum absolute atomic E-state index is 0.0200. The minimum Gasteiger partial charge on any atom is -0.345 e. The minimum atomic E-state index is -0.0200. The SMILES string of the molecule is C[C@H](NC(=O)C[NH+](C)Cc1ccc(Br)s1)c1ccc(Cl)cc1. The summed E-state index contributed by atoms with van der Waals surface area (Å²) < 4.78 is 1.12. The van der Waals surface area contributed by atoms with Gasteiger partial charge in [0.15, 0.2) is 6.54 Å². The molecule has 1 aromatic carbocycles. The summed E-state index contributed by atoms with van der Waals surface area (Å²) in [6, 6.07) is 11.7. The number of likely N-dealkylation sites (N-methyl/N-ethyl adjacent to an activating group) is 1. The average molecular weight is 403 g/mol. The summed E-state index contributed by atoms with van der Waals surface area (Å²) in [5.41, 5.74) is 1.05. The quantitative estimate of drug-likeness (QED) is 0.765. The molecule has 2 N–H and O–H groups in total. The Labute approximate surface area is 148 Å². The topological polar surface area (TPSA) is 33.5 Å². The summed E-state index contributed by atoms with van der Waals surface area (Å²) in [6.45, 7) is 3.28. The van der Waals surface area contributed by atoms with Gasteiger partial charge in [-0.25, -0.2) is 0 Å². The molecule has 22 heavy (non-hydrogen) atoms. The first-order valence-corrected chi connectivity index (χ1v) is 9.03. The number of carbonyl (C=O) groups excluding carboxylic acids is 1. The molecule has 0 fully saturated rings. The highest BCUT2D eigenvalue weighted by Gasteiger charge is 2.14. The summed E-state index contributed by atoms with van der Waals surface area (Å²) in [5, 5.41) is 3.73. The Balaban J connectivity index is 1.82. The lowest BCUT2D eigenvalue weighted by molar-refractivity contribution is -0.885. The molecule has 2 aromatic rings. The Morgan fingerprint density at radius 1 is 1.32 bits per heavy atom. The number of nitrogens with one attached hydrogen (secondary N) is 2. The van der Waals surface area contributed by atoms with Gasteiger partial charge in [-0.3, -0.25) is 4.79 Å². The van der Waals surface area contributed by atoms with Crippen LogP contribution in [-0.2, 0) is 11.3 Å². The van der Waals surface area contributed by atoms with E-state index in [0.29, 0.717) is 11.6 Å². The summed E-state index contributed by atoms with van der Waals surface area (Å²) in [4.78, 5) is 14.6. The molecule has 118 valence electrons. The van der Waals surface area contributed by atoms with Gasteiger partial charge in [0.25, 0.3) is 5.91 Å². The fourth-order valence-electron chi connectivity index (χ4n) is 2.21. The second-order valence-electron chi connectivity index (χ2n) is 5.36. The Hall–Kier alpha value is -0.880. The van der Waals surface area contributed by atoms with E-state index in [2.05, 4.69) is 27.3 Å². The van der Waals surface area contributed by atoms with E-state index in [-0.39, 0.29) is 11.9 Å². The number of quaternary nitrogens is 1. The van der Waals surface area contributed by atoms with Crippen LogP contribution < -0.4 is 10.2 Å². The lowest BCUT2D eigenvalue weighted by Crippen LogP contribution is -3.08. The summed E-state index contributed by atoms with van der Waals surface area (Å²) in [7, 11) is 2.03. The molecule has 1 amide bonds. The molecule has 0 aliphatic rings. The van der Waals surface area contributed by atoms with E-state index >= 15 is 0 Å². The van der Waals surface area contributed by atoms with Crippen LogP contribution in [0.25, 0.3) is 0 Å². The van der Waals surface area contributed by atoms with Crippen molar-refractivity contribution in [2.24, 2.45) is 0 Å². The summed E-state index contributed by atoms with van der Waals surface area (Å²) in [6.07, 6.45) is 0. The smallest absolute Gasteiger partial charge is 0.275 e. The Bertz CT molecular complexity index is 629. The van der Waals surface area contributed by atoms with Crippen LogP contribution in [-0.4, -0.2) is 19.5 Å². The molecule has 2 atom stereocenters. The van der Waals surface area contributed by atoms with Gasteiger partial charge in [-0.2, -0.15) is 0 Å². The first-order valence-electron chi connectivity index (χ1n) is 7.04. The molecular formula is C16H19BrClN2OS+. The van der Waals surface area contributed by atoms with Crippen molar-refractivity contribution in [1.29, 1.82) is 0 Å². The normalized spacial score (nSPS) is 13.6. The Morgan fingerprint density at radius 3 is 2.59 bits per heavy atom. The summed E-state index contributed by atoms with van der Waals surface area (Å²) >= 11 is 11.0. The van der Waals surface area contributed by atoms with Gasteiger partial charge in [0.2, 0.25) is 0 Å². The number of carbonyl (C=O) groups is 1. The highest BCUT2D eigenvalue weighted by atomic mass is 79.9. The van der Waals surface area contributed by atoms with Crippen LogP contribution in [0, 0.1) is 0 Å². The van der Waals surface area contributed by atoms with Gasteiger partial charge >= 0.3 is 0 Å². The van der Waals surface area contributed by atoms with Crippen LogP contribution in [0.4, 0.5) is 0 Å². The maximum Gasteiger partial charge on any atom is 0.275 e. The van der Waals surface area contributed by atoms with E-state index in [1.807, 2.05) is 44.3 Å². The molecule has 1 aromatic heterocycles. The molecule has 0 aliphatic heterocycles. The third-order valence-corrected chi connectivity index (χ3v) is 5.19. The van der Waals surface area contributed by atoms with E-state index in [0.717, 1.165) is 20.8 Å². The van der Waals surface area contributed by atoms with Gasteiger partial charge in [-0.05, 0) is 52.7 Å². The third-order valence-electron chi connectivity index (χ3n) is 3.31. The highest BCUT2D eigenvalue weighted by molar-refractivity contribution is 9.11. The van der Waals surface area contributed by atoms with E-state index in [9.17, 15) is 4.79 Å². The molecule has 0 saturated carbocycles. The molecule has 2 rings (SSSR count). The van der Waals surface area contributed by atoms with Crippen molar-refractivity contribution in [2.75, 3.05) is 13.6 Å². The van der Waals surface area contributed by atoms with Crippen LogP contribution in [0.1, 0.15) is 23.4 Å². The number of rotatable bonds is 6. The van der Waals surface area contributed by atoms with Crippen LogP contribution in [0.2, 0.25) is 5.02 Å². The van der Waals surface area contributed by atoms with Crippen LogP contribution in [0.5, 0.6) is 0 Å². The van der Waals surface area contributed by atoms with Gasteiger partial charge in [-0.1, -0.05) is 23.7 Å². The van der Waals surface area contributed by atoms with Crippen molar-refractivity contribution in [3.63, 3.8) is 0 Å². The third kappa shape index (κ3) is 5.39. The van der Waals surface area contributed by atoms with Crippen LogP contribution >= 0.6 is 38.9 Å². The molecule has 1 unspecified atom stereocenters. The Kier molecular flexibility index (Phi) is 6.44. The predicted molar refractivity (Wildman–Crippen MR) is 95.5 cm³/mol. The molecule has 0 spiro atoms. The van der Waals surface area contributed by atoms with Crippen molar-refractivity contribution < 1.29 is 9.69 Å². The van der Waals surface area contributed by atoms with Gasteiger partial charge in [-0.15, -0.1) is 11.3 Å². The maximum atomic E-state index is 12.1. The van der Waals surface area contributed by atoms with Crippen molar-refractivity contribution in [2.45, 2.75) is 19.5 Å². The van der Waals surface area contributed by atoms with Crippen molar-refractivity contribution >= 4 is 44.8 Å². The van der Waals surface area contributed by atoms with E-state index in [1.165, 1.54) is 4.88 Å². The van der Waals surface area contributed by atoms with Gasteiger partial charge in [0.05, 0.1) is 21.8 Å². The average Bonchev–Trinajstić information content (AvgIpc) is 2.84. The molecule has 0 radical (unpaired) electrons. The van der Waals surface area contributed by atoms with Crippen molar-refractivity contribution in [1.82, 2.24) is 5.32 Å². The van der Waals surface area contributed by atoms with E-state index in [1.54, 1.807) is 11.3 Å². The summed E-state index contributed by atoms with van der Waals surface area (Å²) in [5.74, 6) is 0.0515. The number of hydrogen-bond donors (Lipinski definition) is 2. The number of thiophene rings is 1. The molecule has 0 aliphatic carbocycles. The number of benzene rings is 1. The number of amides is 1. The first kappa shape index (κ1) is 17.5. The largest absolute Gasteiger partial charge is 0.345 e. The van der Waals surface area contributed by atoms with Crippen LogP contribution in [0.3, 0.4) is 0 Å². The van der Waals surface area contributed by atoms with Gasteiger partial charge < -0.3 is 10.2 Å². The molecular weight excluding hydrogens is 384 g/mol. The lowest BCUT2D eigenvalue weighted by atomic mass is 10.1. The molecule has 1 heterocycles. The lowest BCUT2D eigenvalue weighted by Gasteiger charge is -2.17. The molecule has 6 heteroatoms. The molecule has 0 bridgehead atoms. The molecule has 3 nitrogen and oxygen atoms in total. The zero-order valence-electron chi connectivity index (χ0n) is 12.5. The number of halogens is 2. The molecule has 0 saturated heterocycles. The monoisotopic (exact) mass is 401 g/mol. The Morgan fingerprint density at radius 2 is 2.00 bits per heavy atom. The zero-order valence-corrected chi connectivity index (χ0v) is 15.7. The van der Waals surface area contributed by atoms with Crippen molar-refractivity contribution in [3.05, 3.63) is 55.6 Å². The predicted octanol–water partition coefficient (Wildman–Crippen LogP) is 3.06. The first-order chi connectivity index (χ1) is 10.4. The standard InChI is InChI=1S/C16H18BrClN2OS/c1-11(12-3-5-13(18)6-4-12)19-16(21)10-20(2)9-14-7-8-15(17)22-14/h3-8,11H,9-10H2,1-2H3,(H,19,21)/p+1/t11-/m0/s1. The van der Waals surface area contributed by atoms with Gasteiger partial charge in [0, 0.05) is 5.02 Å². The second-order valence-corrected chi connectivity index (χ2v) is 8.34. The fraction of sp³-hybridized carbons (Fsp3) is 0.312. The fourth-order valence-corrected chi connectivity index (χ4v) is 3.93. The van der Waals surface area contributed by atoms with Crippen LogP contribution in [0.15, 0.2) is 40.2 Å². The second kappa shape index (κ2) is 8.11.